The van der Waals surface area contributed by atoms with Crippen LogP contribution in [-0.2, 0) is 0 Å². The van der Waals surface area contributed by atoms with Gasteiger partial charge in [-0.3, -0.25) is 4.79 Å². The number of carbonyl (C=O) groups excluding carboxylic acids is 1. The Morgan fingerprint density at radius 2 is 2.50 bits per heavy atom. The van der Waals surface area contributed by atoms with E-state index in [-0.39, 0.29) is 5.91 Å². The highest BCUT2D eigenvalue weighted by atomic mass is 32.2. The van der Waals surface area contributed by atoms with Crippen LogP contribution in [0.4, 0.5) is 0 Å². The minimum Gasteiger partial charge on any atom is -0.350 e. The molecule has 1 heterocycles. The van der Waals surface area contributed by atoms with Crippen molar-refractivity contribution in [2.45, 2.75) is 5.03 Å². The molecule has 0 unspecified atom stereocenters. The lowest BCUT2D eigenvalue weighted by molar-refractivity contribution is 0.0965. The molecule has 0 fully saturated rings. The van der Waals surface area contributed by atoms with Crippen molar-refractivity contribution in [3.8, 4) is 0 Å². The van der Waals surface area contributed by atoms with E-state index in [0.29, 0.717) is 5.56 Å². The molecule has 1 radical (unpaired) electrons. The van der Waals surface area contributed by atoms with Crippen molar-refractivity contribution in [1.82, 2.24) is 10.3 Å². The standard InChI is InChI=1S/C8H9N2OS/c1-9-7(11)6-4-3-5-10-8(6)12-2/h3-5H,1H2,2H3,(H,9,11). The van der Waals surface area contributed by atoms with E-state index in [1.54, 1.807) is 18.3 Å². The topological polar surface area (TPSA) is 42.0 Å². The zero-order valence-corrected chi connectivity index (χ0v) is 7.52. The molecule has 1 amide bonds. The zero-order chi connectivity index (χ0) is 8.97. The van der Waals surface area contributed by atoms with E-state index >= 15 is 0 Å². The highest BCUT2D eigenvalue weighted by Gasteiger charge is 2.08. The second kappa shape index (κ2) is 4.11. The minimum absolute atomic E-state index is 0.201. The second-order valence-corrected chi connectivity index (χ2v) is 2.86. The fourth-order valence-electron chi connectivity index (χ4n) is 0.822. The fraction of sp³-hybridized carbons (Fsp3) is 0.125. The van der Waals surface area contributed by atoms with Crippen molar-refractivity contribution in [2.75, 3.05) is 6.26 Å². The van der Waals surface area contributed by atoms with Gasteiger partial charge in [0.25, 0.3) is 5.91 Å². The molecule has 0 saturated carbocycles. The van der Waals surface area contributed by atoms with Gasteiger partial charge in [-0.15, -0.1) is 11.8 Å². The van der Waals surface area contributed by atoms with E-state index in [0.717, 1.165) is 5.03 Å². The van der Waals surface area contributed by atoms with Crippen LogP contribution in [0.2, 0.25) is 0 Å². The van der Waals surface area contributed by atoms with Gasteiger partial charge in [0.2, 0.25) is 0 Å². The molecule has 0 bridgehead atoms. The molecule has 1 N–H and O–H groups in total. The Bertz CT molecular complexity index is 288. The summed E-state index contributed by atoms with van der Waals surface area (Å²) in [6.07, 6.45) is 3.54. The average Bonchev–Trinajstić information content (AvgIpc) is 2.16. The summed E-state index contributed by atoms with van der Waals surface area (Å²) in [5, 5.41) is 3.03. The number of pyridine rings is 1. The van der Waals surface area contributed by atoms with E-state index in [9.17, 15) is 4.79 Å². The van der Waals surface area contributed by atoms with Crippen LogP contribution in [-0.4, -0.2) is 17.1 Å². The molecular weight excluding hydrogens is 172 g/mol. The Kier molecular flexibility index (Phi) is 3.10. The van der Waals surface area contributed by atoms with Gasteiger partial charge in [-0.1, -0.05) is 0 Å². The maximum atomic E-state index is 11.2. The van der Waals surface area contributed by atoms with Crippen LogP contribution in [0.25, 0.3) is 0 Å². The number of hydrogen-bond donors (Lipinski definition) is 1. The summed E-state index contributed by atoms with van der Waals surface area (Å²) in [5.41, 5.74) is 0.569. The lowest BCUT2D eigenvalue weighted by Gasteiger charge is -2.02. The Morgan fingerprint density at radius 1 is 1.75 bits per heavy atom. The van der Waals surface area contributed by atoms with Crippen LogP contribution >= 0.6 is 11.8 Å². The summed E-state index contributed by atoms with van der Waals surface area (Å²) >= 11 is 1.44. The first-order valence-corrected chi connectivity index (χ1v) is 4.58. The van der Waals surface area contributed by atoms with E-state index in [2.05, 4.69) is 17.3 Å². The summed E-state index contributed by atoms with van der Waals surface area (Å²) in [4.78, 5) is 15.2. The third-order valence-electron chi connectivity index (χ3n) is 1.37. The van der Waals surface area contributed by atoms with Gasteiger partial charge in [-0.25, -0.2) is 4.98 Å². The van der Waals surface area contributed by atoms with Crippen LogP contribution in [0, 0.1) is 7.05 Å². The minimum atomic E-state index is -0.201. The van der Waals surface area contributed by atoms with Gasteiger partial charge in [0, 0.05) is 13.2 Å². The monoisotopic (exact) mass is 181 g/mol. The molecule has 3 nitrogen and oxygen atoms in total. The molecule has 1 rings (SSSR count). The molecule has 0 saturated heterocycles. The molecule has 4 heteroatoms. The van der Waals surface area contributed by atoms with E-state index in [1.165, 1.54) is 11.8 Å². The highest BCUT2D eigenvalue weighted by molar-refractivity contribution is 7.98. The normalized spacial score (nSPS) is 9.50. The predicted octanol–water partition coefficient (Wildman–Crippen LogP) is 1.32. The van der Waals surface area contributed by atoms with Crippen molar-refractivity contribution in [3.05, 3.63) is 30.9 Å². The number of rotatable bonds is 2. The second-order valence-electron chi connectivity index (χ2n) is 2.07. The molecule has 63 valence electrons. The summed E-state index contributed by atoms with van der Waals surface area (Å²) < 4.78 is 0. The van der Waals surface area contributed by atoms with Crippen LogP contribution in [0.1, 0.15) is 10.4 Å². The summed E-state index contributed by atoms with van der Waals surface area (Å²) in [6, 6.07) is 3.45. The van der Waals surface area contributed by atoms with E-state index in [4.69, 9.17) is 0 Å². The smallest absolute Gasteiger partial charge is 0.254 e. The van der Waals surface area contributed by atoms with Crippen molar-refractivity contribution in [3.63, 3.8) is 0 Å². The zero-order valence-electron chi connectivity index (χ0n) is 6.70. The third kappa shape index (κ3) is 1.76. The number of nitrogens with one attached hydrogen (secondary N) is 1. The third-order valence-corrected chi connectivity index (χ3v) is 2.08. The van der Waals surface area contributed by atoms with Gasteiger partial charge in [0.15, 0.2) is 0 Å². The average molecular weight is 181 g/mol. The van der Waals surface area contributed by atoms with Crippen LogP contribution < -0.4 is 5.32 Å². The molecule has 0 spiro atoms. The lowest BCUT2D eigenvalue weighted by Crippen LogP contribution is -2.16. The maximum Gasteiger partial charge on any atom is 0.254 e. The molecule has 1 aromatic heterocycles. The first kappa shape index (κ1) is 9.06. The molecular formula is C8H9N2OS. The van der Waals surface area contributed by atoms with Gasteiger partial charge in [0.1, 0.15) is 5.03 Å². The quantitative estimate of drug-likeness (QED) is 0.700. The van der Waals surface area contributed by atoms with E-state index in [1.807, 2.05) is 6.26 Å². The van der Waals surface area contributed by atoms with Crippen molar-refractivity contribution in [2.24, 2.45) is 0 Å². The Morgan fingerprint density at radius 3 is 3.08 bits per heavy atom. The Hall–Kier alpha value is -1.03. The van der Waals surface area contributed by atoms with Crippen LogP contribution in [0.15, 0.2) is 23.4 Å². The fourth-order valence-corrected chi connectivity index (χ4v) is 1.37. The molecule has 0 atom stereocenters. The molecule has 12 heavy (non-hydrogen) atoms. The van der Waals surface area contributed by atoms with Gasteiger partial charge in [-0.2, -0.15) is 0 Å². The van der Waals surface area contributed by atoms with Gasteiger partial charge in [0.05, 0.1) is 5.56 Å². The number of thioether (sulfide) groups is 1. The molecule has 0 aliphatic rings. The highest BCUT2D eigenvalue weighted by Crippen LogP contribution is 2.16. The molecule has 0 aromatic carbocycles. The van der Waals surface area contributed by atoms with Gasteiger partial charge < -0.3 is 5.32 Å². The number of aromatic nitrogens is 1. The summed E-state index contributed by atoms with van der Waals surface area (Å²) in [5.74, 6) is -0.201. The molecule has 1 aromatic rings. The van der Waals surface area contributed by atoms with E-state index < -0.39 is 0 Å². The van der Waals surface area contributed by atoms with Crippen molar-refractivity contribution < 1.29 is 4.79 Å². The Balaban J connectivity index is 3.04. The number of amides is 1. The molecule has 0 aliphatic heterocycles. The number of hydrogen-bond acceptors (Lipinski definition) is 3. The van der Waals surface area contributed by atoms with Crippen LogP contribution in [0.5, 0.6) is 0 Å². The van der Waals surface area contributed by atoms with Gasteiger partial charge in [-0.05, 0) is 18.4 Å². The number of nitrogens with zero attached hydrogens (tertiary/aromatic N) is 1. The van der Waals surface area contributed by atoms with Crippen molar-refractivity contribution >= 4 is 17.7 Å². The maximum absolute atomic E-state index is 11.2. The van der Waals surface area contributed by atoms with Crippen LogP contribution in [0.3, 0.4) is 0 Å². The summed E-state index contributed by atoms with van der Waals surface area (Å²) in [7, 11) is 3.30. The largest absolute Gasteiger partial charge is 0.350 e. The SMILES string of the molecule is [CH2]NC(=O)c1cccnc1SC. The number of carbonyl (C=O) groups is 1. The lowest BCUT2D eigenvalue weighted by atomic mass is 10.3. The first-order valence-electron chi connectivity index (χ1n) is 3.36. The predicted molar refractivity (Wildman–Crippen MR) is 48.8 cm³/mol. The molecule has 0 aliphatic carbocycles. The summed E-state index contributed by atoms with van der Waals surface area (Å²) in [6.45, 7) is 0. The Labute approximate surface area is 75.6 Å². The van der Waals surface area contributed by atoms with Crippen molar-refractivity contribution in [1.29, 1.82) is 0 Å². The van der Waals surface area contributed by atoms with Gasteiger partial charge >= 0.3 is 0 Å². The first-order chi connectivity index (χ1) is 5.79.